The molecule has 3 heteroatoms. The Balaban J connectivity index is 2.18. The highest BCUT2D eigenvalue weighted by Crippen LogP contribution is 2.22. The average molecular weight is 167 g/mol. The van der Waals surface area contributed by atoms with Crippen molar-refractivity contribution in [1.29, 1.82) is 0 Å². The summed E-state index contributed by atoms with van der Waals surface area (Å²) in [5.41, 5.74) is 0. The summed E-state index contributed by atoms with van der Waals surface area (Å²) in [4.78, 5) is 0. The van der Waals surface area contributed by atoms with Gasteiger partial charge in [0.15, 0.2) is 0 Å². The van der Waals surface area contributed by atoms with Crippen molar-refractivity contribution in [3.05, 3.63) is 6.54 Å². The molecule has 1 nitrogen and oxygen atoms in total. The number of nitrogens with one attached hydrogen (secondary N) is 1. The molecule has 1 fully saturated rings. The van der Waals surface area contributed by atoms with E-state index in [0.717, 1.165) is 5.88 Å². The molecule has 0 aromatic carbocycles. The van der Waals surface area contributed by atoms with Crippen LogP contribution in [-0.4, -0.2) is 10.0 Å². The molecule has 0 spiro atoms. The molecule has 1 rings (SSSR count). The quantitative estimate of drug-likeness (QED) is 0.543. The molecule has 0 amide bonds. The molecule has 1 N–H and O–H groups in total. The highest BCUT2D eigenvalue weighted by atomic mass is 79.9. The number of alkyl halides is 1. The molecule has 1 heterocycles. The average Bonchev–Trinajstić information content (AvgIpc) is 1.86. The highest BCUT2D eigenvalue weighted by Gasteiger charge is 2.09. The van der Waals surface area contributed by atoms with Gasteiger partial charge >= 0.3 is 0 Å². The van der Waals surface area contributed by atoms with Crippen LogP contribution in [0.3, 0.4) is 0 Å². The number of thioether (sulfide) groups is 1. The van der Waals surface area contributed by atoms with E-state index in [0.29, 0.717) is 4.16 Å². The van der Waals surface area contributed by atoms with E-state index >= 15 is 0 Å². The smallest absolute Gasteiger partial charge is 0.0781 e. The lowest BCUT2D eigenvalue weighted by Gasteiger charge is -1.86. The summed E-state index contributed by atoms with van der Waals surface area (Å²) in [6, 6.07) is 0. The summed E-state index contributed by atoms with van der Waals surface area (Å²) < 4.78 is 0.539. The lowest BCUT2D eigenvalue weighted by molar-refractivity contribution is 0.989. The van der Waals surface area contributed by atoms with E-state index < -0.39 is 0 Å². The Kier molecular flexibility index (Phi) is 1.80. The van der Waals surface area contributed by atoms with Gasteiger partial charge in [0.1, 0.15) is 0 Å². The standard InChI is InChI=1S/C3H5BrNS/c4-3-1-5-2-6-3/h1,3,5H,2H2. The van der Waals surface area contributed by atoms with Gasteiger partial charge in [0.25, 0.3) is 0 Å². The van der Waals surface area contributed by atoms with E-state index in [-0.39, 0.29) is 0 Å². The lowest BCUT2D eigenvalue weighted by atomic mass is 10.8. The van der Waals surface area contributed by atoms with Crippen molar-refractivity contribution in [2.75, 3.05) is 5.88 Å². The van der Waals surface area contributed by atoms with Gasteiger partial charge in [-0.25, -0.2) is 0 Å². The fraction of sp³-hybridized carbons (Fsp3) is 0.667. The third kappa shape index (κ3) is 1.13. The van der Waals surface area contributed by atoms with Gasteiger partial charge in [0, 0.05) is 12.4 Å². The van der Waals surface area contributed by atoms with Gasteiger partial charge in [-0.05, 0) is 0 Å². The zero-order chi connectivity index (χ0) is 4.41. The van der Waals surface area contributed by atoms with E-state index in [1.807, 2.05) is 18.3 Å². The van der Waals surface area contributed by atoms with Crippen molar-refractivity contribution in [3.63, 3.8) is 0 Å². The van der Waals surface area contributed by atoms with E-state index in [4.69, 9.17) is 0 Å². The Labute approximate surface area is 50.0 Å². The fourth-order valence-electron chi connectivity index (χ4n) is 0.317. The largest absolute Gasteiger partial charge is 0.301 e. The third-order valence-corrected chi connectivity index (χ3v) is 2.42. The normalized spacial score (nSPS) is 34.5. The van der Waals surface area contributed by atoms with Crippen molar-refractivity contribution in [2.24, 2.45) is 0 Å². The summed E-state index contributed by atoms with van der Waals surface area (Å²) in [5.74, 6) is 1.05. The second-order valence-electron chi connectivity index (χ2n) is 1.03. The van der Waals surface area contributed by atoms with Crippen LogP contribution < -0.4 is 5.32 Å². The van der Waals surface area contributed by atoms with Crippen molar-refractivity contribution >= 4 is 27.7 Å². The van der Waals surface area contributed by atoms with Crippen LogP contribution in [0, 0.1) is 6.54 Å². The van der Waals surface area contributed by atoms with Gasteiger partial charge in [-0.3, -0.25) is 0 Å². The molecule has 35 valence electrons. The maximum atomic E-state index is 3.38. The van der Waals surface area contributed by atoms with Crippen molar-refractivity contribution in [1.82, 2.24) is 5.32 Å². The highest BCUT2D eigenvalue weighted by molar-refractivity contribution is 9.11. The zero-order valence-electron chi connectivity index (χ0n) is 3.15. The maximum absolute atomic E-state index is 3.38. The first-order valence-electron chi connectivity index (χ1n) is 1.72. The predicted molar refractivity (Wildman–Crippen MR) is 32.6 cm³/mol. The van der Waals surface area contributed by atoms with Gasteiger partial charge in [0.2, 0.25) is 0 Å². The first kappa shape index (κ1) is 4.94. The summed E-state index contributed by atoms with van der Waals surface area (Å²) in [7, 11) is 0. The van der Waals surface area contributed by atoms with Crippen LogP contribution in [0.2, 0.25) is 0 Å². The Hall–Kier alpha value is 0.790. The first-order valence-corrected chi connectivity index (χ1v) is 3.68. The molecule has 1 aliphatic rings. The number of halogens is 1. The molecule has 6 heavy (non-hydrogen) atoms. The Bertz CT molecular complexity index is 44.1. The van der Waals surface area contributed by atoms with Crippen molar-refractivity contribution in [3.8, 4) is 0 Å². The third-order valence-electron chi connectivity index (χ3n) is 0.575. The van der Waals surface area contributed by atoms with E-state index in [9.17, 15) is 0 Å². The molecule has 1 aliphatic heterocycles. The molecule has 1 saturated heterocycles. The van der Waals surface area contributed by atoms with Crippen molar-refractivity contribution in [2.45, 2.75) is 4.16 Å². The summed E-state index contributed by atoms with van der Waals surface area (Å²) >= 11 is 5.23. The minimum Gasteiger partial charge on any atom is -0.301 e. The summed E-state index contributed by atoms with van der Waals surface area (Å²) in [6.07, 6.45) is 0. The van der Waals surface area contributed by atoms with Crippen LogP contribution in [0.4, 0.5) is 0 Å². The lowest BCUT2D eigenvalue weighted by Crippen LogP contribution is -1.99. The van der Waals surface area contributed by atoms with Gasteiger partial charge in [-0.2, -0.15) is 0 Å². The molecule has 1 atom stereocenters. The number of hydrogen-bond donors (Lipinski definition) is 1. The molecule has 0 bridgehead atoms. The maximum Gasteiger partial charge on any atom is 0.0781 e. The summed E-state index contributed by atoms with van der Waals surface area (Å²) in [6.45, 7) is 2.03. The molecule has 0 saturated carbocycles. The van der Waals surface area contributed by atoms with Gasteiger partial charge in [0.05, 0.1) is 4.16 Å². The summed E-state index contributed by atoms with van der Waals surface area (Å²) in [5, 5.41) is 3.06. The van der Waals surface area contributed by atoms with E-state index in [1.165, 1.54) is 0 Å². The van der Waals surface area contributed by atoms with Crippen molar-refractivity contribution < 1.29 is 0 Å². The van der Waals surface area contributed by atoms with E-state index in [2.05, 4.69) is 21.2 Å². The zero-order valence-corrected chi connectivity index (χ0v) is 5.55. The van der Waals surface area contributed by atoms with Crippen LogP contribution in [0.25, 0.3) is 0 Å². The molecule has 0 aliphatic carbocycles. The SMILES string of the molecule is BrC1[CH]NCS1. The minimum absolute atomic E-state index is 0.539. The number of hydrogen-bond acceptors (Lipinski definition) is 2. The number of rotatable bonds is 0. The predicted octanol–water partition coefficient (Wildman–Crippen LogP) is 1.16. The Morgan fingerprint density at radius 3 is 3.00 bits per heavy atom. The Morgan fingerprint density at radius 2 is 2.83 bits per heavy atom. The minimum atomic E-state index is 0.539. The second-order valence-corrected chi connectivity index (χ2v) is 3.76. The van der Waals surface area contributed by atoms with Gasteiger partial charge in [-0.15, -0.1) is 11.8 Å². The monoisotopic (exact) mass is 166 g/mol. The topological polar surface area (TPSA) is 12.0 Å². The fourth-order valence-corrected chi connectivity index (χ4v) is 1.44. The van der Waals surface area contributed by atoms with Gasteiger partial charge in [-0.1, -0.05) is 15.9 Å². The van der Waals surface area contributed by atoms with E-state index in [1.54, 1.807) is 0 Å². The van der Waals surface area contributed by atoms with Crippen LogP contribution in [0.1, 0.15) is 0 Å². The second kappa shape index (κ2) is 2.19. The molecule has 1 unspecified atom stereocenters. The van der Waals surface area contributed by atoms with Crippen LogP contribution in [-0.2, 0) is 0 Å². The molecule has 1 radical (unpaired) electrons. The van der Waals surface area contributed by atoms with Gasteiger partial charge < -0.3 is 5.32 Å². The molecule has 0 aromatic heterocycles. The molecular formula is C3H5BrNS. The van der Waals surface area contributed by atoms with Crippen LogP contribution in [0.5, 0.6) is 0 Å². The Morgan fingerprint density at radius 1 is 2.00 bits per heavy atom. The van der Waals surface area contributed by atoms with Crippen LogP contribution in [0.15, 0.2) is 0 Å². The first-order chi connectivity index (χ1) is 2.89. The molecule has 0 aromatic rings. The molecular weight excluding hydrogens is 162 g/mol. The van der Waals surface area contributed by atoms with Crippen LogP contribution >= 0.6 is 27.7 Å².